The number of aliphatic hydroxyl groups is 1. The van der Waals surface area contributed by atoms with E-state index < -0.39 is 24.2 Å². The highest BCUT2D eigenvalue weighted by Crippen LogP contribution is 2.42. The molecule has 9 heteroatoms. The minimum Gasteiger partial charge on any atom is -0.497 e. The average Bonchev–Trinajstić information content (AvgIpc) is 3.00. The lowest BCUT2D eigenvalue weighted by molar-refractivity contribution is -0.297. The lowest BCUT2D eigenvalue weighted by atomic mass is 10.0. The van der Waals surface area contributed by atoms with Crippen molar-refractivity contribution < 1.29 is 27.8 Å². The second kappa shape index (κ2) is 6.97. The molecule has 0 aromatic heterocycles. The molecule has 0 fully saturated rings. The number of hydrazone groups is 1. The average molecular weight is 443 g/mol. The van der Waals surface area contributed by atoms with Crippen molar-refractivity contribution in [3.05, 3.63) is 64.1 Å². The summed E-state index contributed by atoms with van der Waals surface area (Å²) in [7, 11) is 1.42. The number of carbonyl (C=O) groups is 1. The molecule has 142 valence electrons. The van der Waals surface area contributed by atoms with Crippen LogP contribution in [-0.4, -0.2) is 40.7 Å². The number of amides is 1. The highest BCUT2D eigenvalue weighted by Gasteiger charge is 2.63. The fourth-order valence-corrected chi connectivity index (χ4v) is 3.06. The number of benzene rings is 2. The Balaban J connectivity index is 2.03. The molecule has 5 nitrogen and oxygen atoms in total. The van der Waals surface area contributed by atoms with Crippen LogP contribution in [0.5, 0.6) is 5.75 Å². The first-order chi connectivity index (χ1) is 12.7. The van der Waals surface area contributed by atoms with Crippen LogP contribution < -0.4 is 4.74 Å². The third kappa shape index (κ3) is 3.57. The Morgan fingerprint density at radius 3 is 2.48 bits per heavy atom. The predicted octanol–water partition coefficient (Wildman–Crippen LogP) is 3.96. The van der Waals surface area contributed by atoms with E-state index in [0.29, 0.717) is 15.8 Å². The van der Waals surface area contributed by atoms with Crippen molar-refractivity contribution in [3.63, 3.8) is 0 Å². The molecule has 0 radical (unpaired) electrons. The van der Waals surface area contributed by atoms with Crippen LogP contribution in [0.1, 0.15) is 22.3 Å². The van der Waals surface area contributed by atoms with Gasteiger partial charge in [-0.3, -0.25) is 4.79 Å². The summed E-state index contributed by atoms with van der Waals surface area (Å²) in [4.78, 5) is 12.7. The van der Waals surface area contributed by atoms with Gasteiger partial charge in [-0.25, -0.2) is 0 Å². The zero-order valence-electron chi connectivity index (χ0n) is 14.0. The Morgan fingerprint density at radius 1 is 1.26 bits per heavy atom. The van der Waals surface area contributed by atoms with E-state index in [4.69, 9.17) is 4.74 Å². The van der Waals surface area contributed by atoms with E-state index in [-0.39, 0.29) is 16.3 Å². The molecule has 0 saturated carbocycles. The van der Waals surface area contributed by atoms with Crippen LogP contribution in [0.2, 0.25) is 0 Å². The quantitative estimate of drug-likeness (QED) is 0.782. The molecule has 2 aromatic rings. The minimum atomic E-state index is -5.09. The van der Waals surface area contributed by atoms with Crippen molar-refractivity contribution in [2.45, 2.75) is 18.3 Å². The van der Waals surface area contributed by atoms with E-state index in [1.165, 1.54) is 31.4 Å². The van der Waals surface area contributed by atoms with Gasteiger partial charge in [-0.1, -0.05) is 28.1 Å². The minimum absolute atomic E-state index is 0.0435. The molecule has 2 aromatic carbocycles. The molecular weight excluding hydrogens is 429 g/mol. The van der Waals surface area contributed by atoms with Gasteiger partial charge in [0, 0.05) is 10.0 Å². The summed E-state index contributed by atoms with van der Waals surface area (Å²) in [5.74, 6) is -0.625. The van der Waals surface area contributed by atoms with Gasteiger partial charge in [-0.15, -0.1) is 0 Å². The van der Waals surface area contributed by atoms with Gasteiger partial charge in [-0.2, -0.15) is 23.3 Å². The lowest BCUT2D eigenvalue weighted by Crippen LogP contribution is -2.56. The number of hydrogen-bond donors (Lipinski definition) is 1. The predicted molar refractivity (Wildman–Crippen MR) is 95.5 cm³/mol. The van der Waals surface area contributed by atoms with E-state index in [1.54, 1.807) is 24.3 Å². The third-order valence-corrected chi connectivity index (χ3v) is 4.62. The van der Waals surface area contributed by atoms with Gasteiger partial charge in [0.2, 0.25) is 0 Å². The van der Waals surface area contributed by atoms with E-state index in [2.05, 4.69) is 21.0 Å². The Labute approximate surface area is 161 Å². The highest BCUT2D eigenvalue weighted by molar-refractivity contribution is 9.10. The first-order valence-electron chi connectivity index (χ1n) is 7.77. The summed E-state index contributed by atoms with van der Waals surface area (Å²) in [6.45, 7) is 0. The van der Waals surface area contributed by atoms with Crippen molar-refractivity contribution in [1.29, 1.82) is 0 Å². The zero-order valence-corrected chi connectivity index (χ0v) is 15.6. The molecule has 0 spiro atoms. The summed E-state index contributed by atoms with van der Waals surface area (Å²) in [6, 6.07) is 12.0. The normalized spacial score (nSPS) is 19.8. The van der Waals surface area contributed by atoms with Crippen molar-refractivity contribution in [3.8, 4) is 5.75 Å². The first kappa shape index (κ1) is 19.4. The van der Waals surface area contributed by atoms with Gasteiger partial charge in [-0.05, 0) is 42.0 Å². The molecule has 0 bridgehead atoms. The molecule has 3 rings (SSSR count). The van der Waals surface area contributed by atoms with Gasteiger partial charge < -0.3 is 9.84 Å². The monoisotopic (exact) mass is 442 g/mol. The smallest absolute Gasteiger partial charge is 0.438 e. The maximum absolute atomic E-state index is 13.6. The van der Waals surface area contributed by atoms with Crippen molar-refractivity contribution in [2.75, 3.05) is 7.11 Å². The molecule has 1 unspecified atom stereocenters. The second-order valence-electron chi connectivity index (χ2n) is 5.89. The molecule has 1 atom stereocenters. The van der Waals surface area contributed by atoms with Gasteiger partial charge in [0.15, 0.2) is 0 Å². The van der Waals surface area contributed by atoms with Crippen molar-refractivity contribution in [1.82, 2.24) is 5.01 Å². The summed E-state index contributed by atoms with van der Waals surface area (Å²) in [6.07, 6.45) is -5.96. The van der Waals surface area contributed by atoms with Gasteiger partial charge in [0.1, 0.15) is 5.75 Å². The van der Waals surface area contributed by atoms with Crippen LogP contribution >= 0.6 is 15.9 Å². The summed E-state index contributed by atoms with van der Waals surface area (Å²) in [5.41, 5.74) is -3.16. The van der Waals surface area contributed by atoms with E-state index in [0.717, 1.165) is 0 Å². The Morgan fingerprint density at radius 2 is 1.93 bits per heavy atom. The summed E-state index contributed by atoms with van der Waals surface area (Å²) < 4.78 is 46.4. The Hall–Kier alpha value is -2.39. The van der Waals surface area contributed by atoms with Gasteiger partial charge in [0.05, 0.1) is 19.2 Å². The highest BCUT2D eigenvalue weighted by atomic mass is 79.9. The fraction of sp³-hybridized carbons (Fsp3) is 0.222. The molecule has 1 aliphatic rings. The molecule has 27 heavy (non-hydrogen) atoms. The van der Waals surface area contributed by atoms with Crippen LogP contribution in [0.3, 0.4) is 0 Å². The number of alkyl halides is 3. The SMILES string of the molecule is COc1ccc(C(=O)N2N=C(c3cccc(Br)c3)CC2(O)C(F)(F)F)cc1. The fourth-order valence-electron chi connectivity index (χ4n) is 2.66. The molecular formula is C18H14BrF3N2O3. The number of hydrogen-bond acceptors (Lipinski definition) is 4. The summed E-state index contributed by atoms with van der Waals surface area (Å²) >= 11 is 3.24. The number of methoxy groups -OCH3 is 1. The van der Waals surface area contributed by atoms with Crippen molar-refractivity contribution >= 4 is 27.5 Å². The maximum atomic E-state index is 13.6. The molecule has 1 heterocycles. The number of ether oxygens (including phenoxy) is 1. The van der Waals surface area contributed by atoms with Crippen LogP contribution in [0, 0.1) is 0 Å². The van der Waals surface area contributed by atoms with Crippen LogP contribution in [0.25, 0.3) is 0 Å². The van der Waals surface area contributed by atoms with E-state index in [1.807, 2.05) is 0 Å². The number of carbonyl (C=O) groups excluding carboxylic acids is 1. The Bertz CT molecular complexity index is 899. The molecule has 0 aliphatic carbocycles. The number of halogens is 4. The summed E-state index contributed by atoms with van der Waals surface area (Å²) in [5, 5.41) is 14.3. The lowest BCUT2D eigenvalue weighted by Gasteiger charge is -2.32. The second-order valence-corrected chi connectivity index (χ2v) is 6.81. The maximum Gasteiger partial charge on any atom is 0.438 e. The Kier molecular flexibility index (Phi) is 5.00. The van der Waals surface area contributed by atoms with E-state index in [9.17, 15) is 23.1 Å². The third-order valence-electron chi connectivity index (χ3n) is 4.13. The molecule has 1 aliphatic heterocycles. The van der Waals surface area contributed by atoms with E-state index >= 15 is 0 Å². The largest absolute Gasteiger partial charge is 0.497 e. The number of nitrogens with zero attached hydrogens (tertiary/aromatic N) is 2. The van der Waals surface area contributed by atoms with Crippen molar-refractivity contribution in [2.24, 2.45) is 5.10 Å². The molecule has 1 amide bonds. The topological polar surface area (TPSA) is 62.1 Å². The van der Waals surface area contributed by atoms with Crippen LogP contribution in [0.4, 0.5) is 13.2 Å². The number of rotatable bonds is 3. The zero-order chi connectivity index (χ0) is 19.8. The van der Waals surface area contributed by atoms with Gasteiger partial charge in [0.25, 0.3) is 11.6 Å². The van der Waals surface area contributed by atoms with Crippen LogP contribution in [-0.2, 0) is 0 Å². The van der Waals surface area contributed by atoms with Crippen LogP contribution in [0.15, 0.2) is 58.1 Å². The van der Waals surface area contributed by atoms with Gasteiger partial charge >= 0.3 is 6.18 Å². The molecule has 0 saturated heterocycles. The molecule has 1 N–H and O–H groups in total. The first-order valence-corrected chi connectivity index (χ1v) is 8.56. The standard InChI is InChI=1S/C18H14BrF3N2O3/c1-27-14-7-5-11(6-8-14)16(25)24-17(26,18(20,21)22)10-15(23-24)12-3-2-4-13(19)9-12/h2-9,26H,10H2,1H3.